The number of hydrogen-bond donors (Lipinski definition) is 0. The van der Waals surface area contributed by atoms with Gasteiger partial charge in [-0.1, -0.05) is 19.8 Å². The fraction of sp³-hybridized carbons (Fsp3) is 0.867. The molecule has 5 nitrogen and oxygen atoms in total. The molecule has 0 spiro atoms. The molecule has 1 saturated heterocycles. The number of aromatic nitrogens is 3. The van der Waals surface area contributed by atoms with Gasteiger partial charge in [0.15, 0.2) is 0 Å². The Morgan fingerprint density at radius 2 is 1.85 bits per heavy atom. The summed E-state index contributed by atoms with van der Waals surface area (Å²) in [6, 6.07) is 0. The van der Waals surface area contributed by atoms with Gasteiger partial charge in [0, 0.05) is 38.5 Å². The second-order valence-electron chi connectivity index (χ2n) is 6.10. The minimum Gasteiger partial charge on any atom is -0.379 e. The van der Waals surface area contributed by atoms with Gasteiger partial charge in [-0.2, -0.15) is 0 Å². The van der Waals surface area contributed by atoms with Crippen LogP contribution in [-0.2, 0) is 17.7 Å². The fourth-order valence-electron chi connectivity index (χ4n) is 3.30. The molecule has 0 aromatic carbocycles. The van der Waals surface area contributed by atoms with Gasteiger partial charge in [-0.3, -0.25) is 4.90 Å². The third-order valence-corrected chi connectivity index (χ3v) is 4.46. The summed E-state index contributed by atoms with van der Waals surface area (Å²) in [5.74, 6) is 2.84. The Morgan fingerprint density at radius 3 is 2.70 bits per heavy atom. The summed E-state index contributed by atoms with van der Waals surface area (Å²) in [6.07, 6.45) is 6.30. The van der Waals surface area contributed by atoms with Gasteiger partial charge in [-0.15, -0.1) is 10.2 Å². The van der Waals surface area contributed by atoms with E-state index in [1.807, 2.05) is 0 Å². The van der Waals surface area contributed by atoms with Gasteiger partial charge in [-0.25, -0.2) is 0 Å². The van der Waals surface area contributed by atoms with Crippen LogP contribution in [0.3, 0.4) is 0 Å². The van der Waals surface area contributed by atoms with Crippen molar-refractivity contribution in [3.8, 4) is 0 Å². The molecule has 1 aromatic heterocycles. The van der Waals surface area contributed by atoms with Crippen LogP contribution < -0.4 is 0 Å². The molecule has 112 valence electrons. The van der Waals surface area contributed by atoms with Gasteiger partial charge >= 0.3 is 0 Å². The maximum atomic E-state index is 5.42. The molecule has 3 heterocycles. The van der Waals surface area contributed by atoms with E-state index in [0.29, 0.717) is 5.92 Å². The van der Waals surface area contributed by atoms with E-state index in [4.69, 9.17) is 4.74 Å². The first-order valence-corrected chi connectivity index (χ1v) is 8.06. The van der Waals surface area contributed by atoms with Crippen molar-refractivity contribution in [2.75, 3.05) is 32.8 Å². The van der Waals surface area contributed by atoms with Gasteiger partial charge in [0.2, 0.25) is 0 Å². The largest absolute Gasteiger partial charge is 0.379 e. The van der Waals surface area contributed by atoms with E-state index in [1.165, 1.54) is 37.3 Å². The molecule has 1 unspecified atom stereocenters. The van der Waals surface area contributed by atoms with E-state index in [9.17, 15) is 0 Å². The Bertz CT molecular complexity index is 426. The van der Waals surface area contributed by atoms with Gasteiger partial charge in [0.1, 0.15) is 11.6 Å². The molecule has 0 amide bonds. The summed E-state index contributed by atoms with van der Waals surface area (Å²) < 4.78 is 7.81. The van der Waals surface area contributed by atoms with Crippen molar-refractivity contribution in [2.45, 2.75) is 51.5 Å². The number of ether oxygens (including phenoxy) is 1. The molecule has 0 N–H and O–H groups in total. The molecular weight excluding hydrogens is 252 g/mol. The number of morpholine rings is 1. The zero-order valence-corrected chi connectivity index (χ0v) is 12.6. The van der Waals surface area contributed by atoms with Gasteiger partial charge in [0.25, 0.3) is 0 Å². The molecule has 5 heteroatoms. The predicted octanol–water partition coefficient (Wildman–Crippen LogP) is 1.83. The Morgan fingerprint density at radius 1 is 1.05 bits per heavy atom. The predicted molar refractivity (Wildman–Crippen MR) is 77.9 cm³/mol. The Hall–Kier alpha value is -0.940. The molecule has 3 rings (SSSR count). The molecule has 2 aliphatic rings. The SMILES string of the molecule is CC(CN1CCOCC1)c1nnc2n1CCCCCC2. The van der Waals surface area contributed by atoms with E-state index < -0.39 is 0 Å². The highest BCUT2D eigenvalue weighted by Gasteiger charge is 2.21. The normalized spacial score (nSPS) is 22.9. The molecule has 1 atom stereocenters. The number of nitrogens with zero attached hydrogens (tertiary/aromatic N) is 4. The number of rotatable bonds is 3. The molecular formula is C15H26N4O. The fourth-order valence-corrected chi connectivity index (χ4v) is 3.30. The third-order valence-electron chi connectivity index (χ3n) is 4.46. The summed E-state index contributed by atoms with van der Waals surface area (Å²) >= 11 is 0. The van der Waals surface area contributed by atoms with Crippen LogP contribution in [0.1, 0.15) is 50.2 Å². The van der Waals surface area contributed by atoms with Crippen molar-refractivity contribution in [3.05, 3.63) is 11.6 Å². The zero-order valence-electron chi connectivity index (χ0n) is 12.6. The van der Waals surface area contributed by atoms with Crippen LogP contribution >= 0.6 is 0 Å². The maximum Gasteiger partial charge on any atom is 0.137 e. The number of aryl methyl sites for hydroxylation is 1. The average molecular weight is 278 g/mol. The molecule has 0 bridgehead atoms. The van der Waals surface area contributed by atoms with E-state index in [0.717, 1.165) is 45.8 Å². The van der Waals surface area contributed by atoms with Crippen LogP contribution in [0.2, 0.25) is 0 Å². The van der Waals surface area contributed by atoms with Crippen molar-refractivity contribution in [1.29, 1.82) is 0 Å². The van der Waals surface area contributed by atoms with Crippen LogP contribution in [0.15, 0.2) is 0 Å². The van der Waals surface area contributed by atoms with Crippen LogP contribution in [-0.4, -0.2) is 52.5 Å². The van der Waals surface area contributed by atoms with E-state index in [1.54, 1.807) is 0 Å². The molecule has 20 heavy (non-hydrogen) atoms. The van der Waals surface area contributed by atoms with Crippen molar-refractivity contribution >= 4 is 0 Å². The van der Waals surface area contributed by atoms with Crippen LogP contribution in [0.4, 0.5) is 0 Å². The first-order valence-electron chi connectivity index (χ1n) is 8.06. The van der Waals surface area contributed by atoms with Gasteiger partial charge in [0.05, 0.1) is 13.2 Å². The summed E-state index contributed by atoms with van der Waals surface area (Å²) in [7, 11) is 0. The smallest absolute Gasteiger partial charge is 0.137 e. The van der Waals surface area contributed by atoms with Crippen molar-refractivity contribution < 1.29 is 4.74 Å². The lowest BCUT2D eigenvalue weighted by molar-refractivity contribution is 0.0352. The lowest BCUT2D eigenvalue weighted by Crippen LogP contribution is -2.38. The summed E-state index contributed by atoms with van der Waals surface area (Å²) in [6.45, 7) is 8.28. The molecule has 0 aliphatic carbocycles. The van der Waals surface area contributed by atoms with Gasteiger partial charge < -0.3 is 9.30 Å². The number of fused-ring (bicyclic) bond motifs is 1. The minimum absolute atomic E-state index is 0.453. The standard InChI is InChI=1S/C15H26N4O/c1-13(12-18-8-10-20-11-9-18)15-17-16-14-6-4-2-3-5-7-19(14)15/h13H,2-12H2,1H3. The lowest BCUT2D eigenvalue weighted by atomic mass is 10.1. The van der Waals surface area contributed by atoms with Crippen LogP contribution in [0, 0.1) is 0 Å². The highest BCUT2D eigenvalue weighted by molar-refractivity contribution is 5.03. The Labute approximate surface area is 121 Å². The second-order valence-corrected chi connectivity index (χ2v) is 6.10. The molecule has 1 fully saturated rings. The maximum absolute atomic E-state index is 5.42. The lowest BCUT2D eigenvalue weighted by Gasteiger charge is -2.29. The Balaban J connectivity index is 1.69. The van der Waals surface area contributed by atoms with Crippen molar-refractivity contribution in [3.63, 3.8) is 0 Å². The summed E-state index contributed by atoms with van der Waals surface area (Å²) in [5, 5.41) is 8.94. The summed E-state index contributed by atoms with van der Waals surface area (Å²) in [5.41, 5.74) is 0. The van der Waals surface area contributed by atoms with E-state index in [2.05, 4.69) is 26.6 Å². The third kappa shape index (κ3) is 3.20. The van der Waals surface area contributed by atoms with Crippen LogP contribution in [0.25, 0.3) is 0 Å². The quantitative estimate of drug-likeness (QED) is 0.846. The van der Waals surface area contributed by atoms with E-state index in [-0.39, 0.29) is 0 Å². The van der Waals surface area contributed by atoms with Crippen molar-refractivity contribution in [2.24, 2.45) is 0 Å². The highest BCUT2D eigenvalue weighted by atomic mass is 16.5. The highest BCUT2D eigenvalue weighted by Crippen LogP contribution is 2.20. The molecule has 1 aromatic rings. The van der Waals surface area contributed by atoms with Crippen molar-refractivity contribution in [1.82, 2.24) is 19.7 Å². The zero-order chi connectivity index (χ0) is 13.8. The first-order chi connectivity index (χ1) is 9.84. The average Bonchev–Trinajstić information content (AvgIpc) is 2.82. The number of hydrogen-bond acceptors (Lipinski definition) is 4. The topological polar surface area (TPSA) is 43.2 Å². The van der Waals surface area contributed by atoms with Crippen LogP contribution in [0.5, 0.6) is 0 Å². The molecule has 0 saturated carbocycles. The monoisotopic (exact) mass is 278 g/mol. The van der Waals surface area contributed by atoms with Gasteiger partial charge in [-0.05, 0) is 12.8 Å². The van der Waals surface area contributed by atoms with E-state index >= 15 is 0 Å². The first kappa shape index (κ1) is 14.0. The summed E-state index contributed by atoms with van der Waals surface area (Å²) in [4.78, 5) is 2.48. The Kier molecular flexibility index (Phi) is 4.68. The molecule has 2 aliphatic heterocycles. The second kappa shape index (κ2) is 6.68. The molecule has 0 radical (unpaired) electrons. The minimum atomic E-state index is 0.453.